The monoisotopic (exact) mass is 333 g/mol. The zero-order valence-corrected chi connectivity index (χ0v) is 14.1. The van der Waals surface area contributed by atoms with Crippen LogP contribution in [0.4, 0.5) is 15.6 Å². The molecule has 1 aromatic carbocycles. The minimum atomic E-state index is -1.20. The van der Waals surface area contributed by atoms with Crippen LogP contribution in [0, 0.1) is 13.8 Å². The second-order valence-electron chi connectivity index (χ2n) is 5.18. The number of hydrogen-bond acceptors (Lipinski definition) is 4. The van der Waals surface area contributed by atoms with Gasteiger partial charge in [-0.3, -0.25) is 10.1 Å². The molecule has 6 nitrogen and oxygen atoms in total. The Kier molecular flexibility index (Phi) is 5.33. The highest BCUT2D eigenvalue weighted by Crippen LogP contribution is 2.26. The van der Waals surface area contributed by atoms with E-state index in [0.717, 1.165) is 41.0 Å². The highest BCUT2D eigenvalue weighted by molar-refractivity contribution is 7.17. The Hall–Kier alpha value is -2.41. The van der Waals surface area contributed by atoms with Gasteiger partial charge in [-0.1, -0.05) is 42.9 Å². The number of thiazole rings is 1. The number of anilines is 2. The van der Waals surface area contributed by atoms with Crippen LogP contribution in [0.25, 0.3) is 0 Å². The van der Waals surface area contributed by atoms with Crippen LogP contribution in [-0.2, 0) is 6.42 Å². The Labute approximate surface area is 138 Å². The Bertz CT molecular complexity index is 740. The van der Waals surface area contributed by atoms with Crippen LogP contribution in [-0.4, -0.2) is 22.1 Å². The molecule has 1 heterocycles. The van der Waals surface area contributed by atoms with Crippen molar-refractivity contribution >= 4 is 34.2 Å². The maximum atomic E-state index is 12.5. The molecule has 0 radical (unpaired) electrons. The van der Waals surface area contributed by atoms with Gasteiger partial charge in [-0.15, -0.1) is 0 Å². The van der Waals surface area contributed by atoms with E-state index >= 15 is 0 Å². The lowest BCUT2D eigenvalue weighted by molar-refractivity contribution is 0.102. The van der Waals surface area contributed by atoms with E-state index < -0.39 is 6.09 Å². The van der Waals surface area contributed by atoms with E-state index in [1.165, 1.54) is 0 Å². The summed E-state index contributed by atoms with van der Waals surface area (Å²) in [6.45, 7) is 5.72. The molecule has 3 N–H and O–H groups in total. The van der Waals surface area contributed by atoms with Crippen molar-refractivity contribution in [2.45, 2.75) is 33.6 Å². The average molecular weight is 333 g/mol. The van der Waals surface area contributed by atoms with Crippen molar-refractivity contribution in [2.75, 3.05) is 10.6 Å². The molecular weight excluding hydrogens is 314 g/mol. The van der Waals surface area contributed by atoms with Crippen LogP contribution in [0.2, 0.25) is 0 Å². The molecule has 0 saturated carbocycles. The molecule has 0 atom stereocenters. The fourth-order valence-electron chi connectivity index (χ4n) is 2.31. The Morgan fingerprint density at radius 2 is 2.00 bits per heavy atom. The van der Waals surface area contributed by atoms with Gasteiger partial charge in [0.25, 0.3) is 5.91 Å². The van der Waals surface area contributed by atoms with Gasteiger partial charge in [0.1, 0.15) is 4.88 Å². The number of para-hydroxylation sites is 1. The first kappa shape index (κ1) is 17.0. The van der Waals surface area contributed by atoms with Crippen molar-refractivity contribution in [3.8, 4) is 0 Å². The number of nitrogens with one attached hydrogen (secondary N) is 2. The molecule has 0 fully saturated rings. The van der Waals surface area contributed by atoms with Crippen molar-refractivity contribution in [1.82, 2.24) is 4.98 Å². The summed E-state index contributed by atoms with van der Waals surface area (Å²) in [6, 6.07) is 5.93. The molecule has 2 aromatic rings. The molecule has 0 spiro atoms. The largest absolute Gasteiger partial charge is 0.465 e. The number of nitrogens with zero attached hydrogens (tertiary/aromatic N) is 1. The van der Waals surface area contributed by atoms with Gasteiger partial charge in [0.2, 0.25) is 0 Å². The number of carbonyl (C=O) groups is 2. The van der Waals surface area contributed by atoms with Crippen molar-refractivity contribution in [3.05, 3.63) is 39.9 Å². The predicted molar refractivity (Wildman–Crippen MR) is 91.6 cm³/mol. The van der Waals surface area contributed by atoms with E-state index in [4.69, 9.17) is 5.11 Å². The molecular formula is C16H19N3O3S. The minimum Gasteiger partial charge on any atom is -0.465 e. The third-order valence-electron chi connectivity index (χ3n) is 3.33. The molecule has 1 aromatic heterocycles. The first-order valence-electron chi connectivity index (χ1n) is 7.29. The molecule has 2 amide bonds. The van der Waals surface area contributed by atoms with Gasteiger partial charge in [0.15, 0.2) is 5.13 Å². The van der Waals surface area contributed by atoms with Gasteiger partial charge >= 0.3 is 6.09 Å². The number of benzene rings is 1. The normalized spacial score (nSPS) is 10.4. The molecule has 0 aliphatic heterocycles. The summed E-state index contributed by atoms with van der Waals surface area (Å²) in [5.41, 5.74) is 3.41. The molecule has 122 valence electrons. The van der Waals surface area contributed by atoms with E-state index in [1.807, 2.05) is 25.1 Å². The fraction of sp³-hybridized carbons (Fsp3) is 0.312. The number of carboxylic acid groups (broad SMARTS) is 1. The summed E-state index contributed by atoms with van der Waals surface area (Å²) < 4.78 is 0. The first-order valence-corrected chi connectivity index (χ1v) is 8.11. The SMILES string of the molecule is CCCc1cccc(C)c1NC(=O)c1sc(NC(=O)O)nc1C. The molecule has 0 bridgehead atoms. The number of carbonyl (C=O) groups excluding carboxylic acids is 1. The molecule has 0 unspecified atom stereocenters. The molecule has 0 aliphatic rings. The zero-order valence-electron chi connectivity index (χ0n) is 13.3. The van der Waals surface area contributed by atoms with Gasteiger partial charge in [0, 0.05) is 5.69 Å². The number of hydrogen-bond donors (Lipinski definition) is 3. The fourth-order valence-corrected chi connectivity index (χ4v) is 3.16. The number of amides is 2. The van der Waals surface area contributed by atoms with Crippen LogP contribution in [0.5, 0.6) is 0 Å². The summed E-state index contributed by atoms with van der Waals surface area (Å²) in [7, 11) is 0. The second-order valence-corrected chi connectivity index (χ2v) is 6.18. The lowest BCUT2D eigenvalue weighted by atomic mass is 10.0. The maximum absolute atomic E-state index is 12.5. The molecule has 2 rings (SSSR count). The number of aromatic nitrogens is 1. The number of aryl methyl sites for hydroxylation is 3. The zero-order chi connectivity index (χ0) is 17.0. The average Bonchev–Trinajstić information content (AvgIpc) is 2.82. The van der Waals surface area contributed by atoms with Gasteiger partial charge in [-0.2, -0.15) is 0 Å². The third kappa shape index (κ3) is 4.07. The van der Waals surface area contributed by atoms with Gasteiger partial charge in [0.05, 0.1) is 5.69 Å². The third-order valence-corrected chi connectivity index (χ3v) is 4.41. The molecule has 7 heteroatoms. The summed E-state index contributed by atoms with van der Waals surface area (Å²) in [4.78, 5) is 27.7. The topological polar surface area (TPSA) is 91.3 Å². The van der Waals surface area contributed by atoms with Gasteiger partial charge in [-0.05, 0) is 31.4 Å². The summed E-state index contributed by atoms with van der Waals surface area (Å²) in [5.74, 6) is -0.273. The Morgan fingerprint density at radius 3 is 2.65 bits per heavy atom. The van der Waals surface area contributed by atoms with E-state index in [1.54, 1.807) is 6.92 Å². The van der Waals surface area contributed by atoms with E-state index in [-0.39, 0.29) is 11.0 Å². The molecule has 0 saturated heterocycles. The van der Waals surface area contributed by atoms with Crippen LogP contribution in [0.15, 0.2) is 18.2 Å². The van der Waals surface area contributed by atoms with Gasteiger partial charge in [-0.25, -0.2) is 9.78 Å². The Morgan fingerprint density at radius 1 is 1.26 bits per heavy atom. The van der Waals surface area contributed by atoms with E-state index in [2.05, 4.69) is 22.5 Å². The van der Waals surface area contributed by atoms with Crippen LogP contribution in [0.1, 0.15) is 39.8 Å². The van der Waals surface area contributed by atoms with Crippen LogP contribution in [0.3, 0.4) is 0 Å². The van der Waals surface area contributed by atoms with Crippen molar-refractivity contribution in [1.29, 1.82) is 0 Å². The summed E-state index contributed by atoms with van der Waals surface area (Å²) in [6.07, 6.45) is 0.665. The standard InChI is InChI=1S/C16H19N3O3S/c1-4-6-11-8-5-7-9(2)12(11)18-14(20)13-10(3)17-15(23-13)19-16(21)22/h5,7-8H,4,6H2,1-3H3,(H,17,19)(H,18,20)(H,21,22). The Balaban J connectivity index is 2.26. The molecule has 0 aliphatic carbocycles. The highest BCUT2D eigenvalue weighted by atomic mass is 32.1. The van der Waals surface area contributed by atoms with E-state index in [9.17, 15) is 9.59 Å². The highest BCUT2D eigenvalue weighted by Gasteiger charge is 2.18. The van der Waals surface area contributed by atoms with Crippen LogP contribution < -0.4 is 10.6 Å². The van der Waals surface area contributed by atoms with Gasteiger partial charge < -0.3 is 10.4 Å². The van der Waals surface area contributed by atoms with Crippen molar-refractivity contribution in [3.63, 3.8) is 0 Å². The first-order chi connectivity index (χ1) is 10.9. The summed E-state index contributed by atoms with van der Waals surface area (Å²) in [5, 5.41) is 14.0. The lowest BCUT2D eigenvalue weighted by Crippen LogP contribution is -2.14. The maximum Gasteiger partial charge on any atom is 0.410 e. The summed E-state index contributed by atoms with van der Waals surface area (Å²) >= 11 is 1.03. The minimum absolute atomic E-state index is 0.193. The predicted octanol–water partition coefficient (Wildman–Crippen LogP) is 4.05. The molecule has 23 heavy (non-hydrogen) atoms. The van der Waals surface area contributed by atoms with Crippen LogP contribution >= 0.6 is 11.3 Å². The quantitative estimate of drug-likeness (QED) is 0.769. The lowest BCUT2D eigenvalue weighted by Gasteiger charge is -2.13. The van der Waals surface area contributed by atoms with E-state index in [0.29, 0.717) is 10.6 Å². The van der Waals surface area contributed by atoms with Crippen molar-refractivity contribution in [2.24, 2.45) is 0 Å². The smallest absolute Gasteiger partial charge is 0.410 e. The van der Waals surface area contributed by atoms with Crippen molar-refractivity contribution < 1.29 is 14.7 Å². The second kappa shape index (κ2) is 7.23. The number of rotatable bonds is 5.